The number of aliphatic hydroxyl groups excluding tert-OH is 1. The second-order valence-corrected chi connectivity index (χ2v) is 8.44. The first-order valence-electron chi connectivity index (χ1n) is 11.0. The molecule has 0 aliphatic carbocycles. The molecule has 4 rings (SSSR count). The number of methoxy groups -OCH3 is 1. The predicted octanol–water partition coefficient (Wildman–Crippen LogP) is 2.44. The van der Waals surface area contributed by atoms with Crippen LogP contribution in [0.15, 0.2) is 30.3 Å². The van der Waals surface area contributed by atoms with Crippen molar-refractivity contribution < 1.29 is 19.4 Å². The number of carbonyl (C=O) groups is 1. The number of hydrogen-bond acceptors (Lipinski definition) is 7. The van der Waals surface area contributed by atoms with Crippen LogP contribution in [-0.2, 0) is 17.8 Å². The van der Waals surface area contributed by atoms with E-state index in [0.717, 1.165) is 61.4 Å². The number of nitrogens with zero attached hydrogens (tertiary/aromatic N) is 3. The first-order valence-corrected chi connectivity index (χ1v) is 11.0. The molecule has 0 bridgehead atoms. The molecule has 168 valence electrons. The van der Waals surface area contributed by atoms with Gasteiger partial charge in [-0.1, -0.05) is 12.1 Å². The quantitative estimate of drug-likeness (QED) is 0.669. The number of fused-ring (bicyclic) bond motifs is 1. The number of aliphatic hydroxyl groups is 1. The van der Waals surface area contributed by atoms with Gasteiger partial charge in [-0.15, -0.1) is 0 Å². The smallest absolute Gasteiger partial charge is 0.338 e. The normalized spacial score (nSPS) is 17.5. The van der Waals surface area contributed by atoms with Crippen LogP contribution in [-0.4, -0.2) is 67.3 Å². The molecule has 1 saturated heterocycles. The average molecular weight is 436 g/mol. The maximum absolute atomic E-state index is 11.7. The minimum absolute atomic E-state index is 0.278. The van der Waals surface area contributed by atoms with Crippen molar-refractivity contribution in [3.8, 4) is 11.8 Å². The van der Waals surface area contributed by atoms with Crippen molar-refractivity contribution in [3.05, 3.63) is 63.7 Å². The molecule has 2 aliphatic heterocycles. The lowest BCUT2D eigenvalue weighted by atomic mass is 9.95. The summed E-state index contributed by atoms with van der Waals surface area (Å²) in [6, 6.07) is 11.5. The number of esters is 1. The number of hydrogen-bond donors (Lipinski definition) is 1. The summed E-state index contributed by atoms with van der Waals surface area (Å²) in [6.45, 7) is 7.48. The highest BCUT2D eigenvalue weighted by atomic mass is 16.5. The standard InChI is InChI=1S/C25H29N3O4/c1-17-20(5-6-21-22(17)16-32-25(21)30)23(29)15-28-11-9-27(10-12-28)8-7-18-3-4-19(14-26)24(13-18)31-2/h3-6,13,23,29H,7-12,15-16H2,1-2H3. The fourth-order valence-electron chi connectivity index (χ4n) is 4.54. The number of benzene rings is 2. The summed E-state index contributed by atoms with van der Waals surface area (Å²) in [6.07, 6.45) is 0.313. The van der Waals surface area contributed by atoms with Crippen molar-refractivity contribution in [2.24, 2.45) is 0 Å². The number of carbonyl (C=O) groups excluding carboxylic acids is 1. The lowest BCUT2D eigenvalue weighted by Crippen LogP contribution is -2.48. The first kappa shape index (κ1) is 22.3. The number of nitriles is 1. The van der Waals surface area contributed by atoms with E-state index in [4.69, 9.17) is 14.7 Å². The molecule has 2 aromatic carbocycles. The lowest BCUT2D eigenvalue weighted by Gasteiger charge is -2.36. The Morgan fingerprint density at radius 3 is 2.66 bits per heavy atom. The summed E-state index contributed by atoms with van der Waals surface area (Å²) in [7, 11) is 1.59. The topological polar surface area (TPSA) is 86.0 Å². The first-order chi connectivity index (χ1) is 15.5. The third kappa shape index (κ3) is 4.63. The highest BCUT2D eigenvalue weighted by Gasteiger charge is 2.27. The Balaban J connectivity index is 1.27. The van der Waals surface area contributed by atoms with E-state index in [2.05, 4.69) is 15.9 Å². The minimum Gasteiger partial charge on any atom is -0.495 e. The van der Waals surface area contributed by atoms with Crippen LogP contribution in [0.1, 0.15) is 44.3 Å². The zero-order valence-corrected chi connectivity index (χ0v) is 18.6. The summed E-state index contributed by atoms with van der Waals surface area (Å²) >= 11 is 0. The highest BCUT2D eigenvalue weighted by Crippen LogP contribution is 2.29. The SMILES string of the molecule is COc1cc(CCN2CCN(CC(O)c3ccc4c(c3C)COC4=O)CC2)ccc1C#N. The van der Waals surface area contributed by atoms with Crippen LogP contribution < -0.4 is 4.74 Å². The van der Waals surface area contributed by atoms with E-state index in [-0.39, 0.29) is 5.97 Å². The third-order valence-electron chi connectivity index (χ3n) is 6.57. The van der Waals surface area contributed by atoms with Crippen molar-refractivity contribution in [1.29, 1.82) is 5.26 Å². The van der Waals surface area contributed by atoms with Crippen LogP contribution in [0.25, 0.3) is 0 Å². The molecule has 1 fully saturated rings. The average Bonchev–Trinajstić information content (AvgIpc) is 3.20. The van der Waals surface area contributed by atoms with Gasteiger partial charge in [-0.3, -0.25) is 4.90 Å². The van der Waals surface area contributed by atoms with E-state index < -0.39 is 6.10 Å². The predicted molar refractivity (Wildman–Crippen MR) is 120 cm³/mol. The van der Waals surface area contributed by atoms with Gasteiger partial charge in [-0.2, -0.15) is 5.26 Å². The molecular formula is C25H29N3O4. The second-order valence-electron chi connectivity index (χ2n) is 8.44. The van der Waals surface area contributed by atoms with Crippen molar-refractivity contribution in [1.82, 2.24) is 9.80 Å². The summed E-state index contributed by atoms with van der Waals surface area (Å²) in [4.78, 5) is 16.5. The van der Waals surface area contributed by atoms with Crippen LogP contribution >= 0.6 is 0 Å². The van der Waals surface area contributed by atoms with Crippen molar-refractivity contribution in [2.75, 3.05) is 46.4 Å². The highest BCUT2D eigenvalue weighted by molar-refractivity contribution is 5.93. The Labute approximate surface area is 188 Å². The van der Waals surface area contributed by atoms with E-state index in [9.17, 15) is 9.90 Å². The number of β-amino-alcohol motifs (C(OH)–C–C–N with tert-alkyl or cyclic N) is 1. The maximum atomic E-state index is 11.7. The fraction of sp³-hybridized carbons (Fsp3) is 0.440. The van der Waals surface area contributed by atoms with Gasteiger partial charge in [0.1, 0.15) is 18.4 Å². The Morgan fingerprint density at radius 1 is 1.19 bits per heavy atom. The molecule has 2 heterocycles. The summed E-state index contributed by atoms with van der Waals surface area (Å²) in [5, 5.41) is 20.0. The van der Waals surface area contributed by atoms with Crippen molar-refractivity contribution in [2.45, 2.75) is 26.1 Å². The molecular weight excluding hydrogens is 406 g/mol. The van der Waals surface area contributed by atoms with Gasteiger partial charge in [-0.25, -0.2) is 4.79 Å². The van der Waals surface area contributed by atoms with Gasteiger partial charge < -0.3 is 19.5 Å². The third-order valence-corrected chi connectivity index (χ3v) is 6.57. The molecule has 7 heteroatoms. The van der Waals surface area contributed by atoms with Gasteiger partial charge in [0, 0.05) is 44.8 Å². The van der Waals surface area contributed by atoms with Gasteiger partial charge in [0.2, 0.25) is 0 Å². The number of rotatable bonds is 7. The Kier molecular flexibility index (Phi) is 6.75. The number of piperazine rings is 1. The Bertz CT molecular complexity index is 1040. The number of cyclic esters (lactones) is 1. The van der Waals surface area contributed by atoms with Crippen molar-refractivity contribution in [3.63, 3.8) is 0 Å². The molecule has 0 spiro atoms. The Hall–Kier alpha value is -2.92. The zero-order valence-electron chi connectivity index (χ0n) is 18.6. The number of ether oxygens (including phenoxy) is 2. The van der Waals surface area contributed by atoms with Crippen LogP contribution in [0.2, 0.25) is 0 Å². The molecule has 1 atom stereocenters. The van der Waals surface area contributed by atoms with E-state index in [1.165, 1.54) is 0 Å². The molecule has 2 aromatic rings. The van der Waals surface area contributed by atoms with Gasteiger partial charge >= 0.3 is 5.97 Å². The molecule has 0 amide bonds. The molecule has 32 heavy (non-hydrogen) atoms. The van der Waals surface area contributed by atoms with E-state index in [1.54, 1.807) is 13.2 Å². The summed E-state index contributed by atoms with van der Waals surface area (Å²) in [5.41, 5.74) is 5.06. The van der Waals surface area contributed by atoms with Gasteiger partial charge in [0.05, 0.1) is 24.3 Å². The zero-order chi connectivity index (χ0) is 22.7. The molecule has 7 nitrogen and oxygen atoms in total. The summed E-state index contributed by atoms with van der Waals surface area (Å²) in [5.74, 6) is 0.348. The van der Waals surface area contributed by atoms with Gasteiger partial charge in [0.25, 0.3) is 0 Å². The molecule has 2 aliphatic rings. The Morgan fingerprint density at radius 2 is 1.94 bits per heavy atom. The van der Waals surface area contributed by atoms with E-state index in [1.807, 2.05) is 31.2 Å². The summed E-state index contributed by atoms with van der Waals surface area (Å²) < 4.78 is 10.4. The molecule has 0 aromatic heterocycles. The van der Waals surface area contributed by atoms with Crippen LogP contribution in [0.5, 0.6) is 5.75 Å². The fourth-order valence-corrected chi connectivity index (χ4v) is 4.54. The molecule has 0 radical (unpaired) electrons. The van der Waals surface area contributed by atoms with Crippen LogP contribution in [0, 0.1) is 18.3 Å². The largest absolute Gasteiger partial charge is 0.495 e. The van der Waals surface area contributed by atoms with Gasteiger partial charge in [-0.05, 0) is 48.2 Å². The molecule has 1 N–H and O–H groups in total. The molecule has 1 unspecified atom stereocenters. The maximum Gasteiger partial charge on any atom is 0.338 e. The molecule has 0 saturated carbocycles. The van der Waals surface area contributed by atoms with E-state index >= 15 is 0 Å². The monoisotopic (exact) mass is 435 g/mol. The minimum atomic E-state index is -0.589. The van der Waals surface area contributed by atoms with Crippen LogP contribution in [0.4, 0.5) is 0 Å². The van der Waals surface area contributed by atoms with Gasteiger partial charge in [0.15, 0.2) is 0 Å². The van der Waals surface area contributed by atoms with Crippen LogP contribution in [0.3, 0.4) is 0 Å². The lowest BCUT2D eigenvalue weighted by molar-refractivity contribution is 0.0535. The second kappa shape index (κ2) is 9.70. The van der Waals surface area contributed by atoms with Crippen molar-refractivity contribution >= 4 is 5.97 Å². The van der Waals surface area contributed by atoms with E-state index in [0.29, 0.717) is 30.0 Å².